The minimum atomic E-state index is 0.301. The summed E-state index contributed by atoms with van der Waals surface area (Å²) in [4.78, 5) is 15.6. The number of nitrogens with one attached hydrogen (secondary N) is 1. The molecule has 0 saturated heterocycles. The van der Waals surface area contributed by atoms with Gasteiger partial charge in [-0.1, -0.05) is 11.6 Å². The molecule has 13 heavy (non-hydrogen) atoms. The number of aldehydes is 1. The summed E-state index contributed by atoms with van der Waals surface area (Å²) in [6.07, 6.45) is 0.670. The van der Waals surface area contributed by atoms with Gasteiger partial charge >= 0.3 is 0 Å². The van der Waals surface area contributed by atoms with Crippen LogP contribution in [-0.4, -0.2) is 23.6 Å². The van der Waals surface area contributed by atoms with Crippen LogP contribution in [0.5, 0.6) is 0 Å². The fourth-order valence-electron chi connectivity index (χ4n) is 1.14. The van der Waals surface area contributed by atoms with Gasteiger partial charge in [0.2, 0.25) is 0 Å². The highest BCUT2D eigenvalue weighted by Crippen LogP contribution is 2.32. The maximum Gasteiger partial charge on any atom is 0.170 e. The second-order valence-electron chi connectivity index (χ2n) is 2.60. The lowest BCUT2D eigenvalue weighted by Crippen LogP contribution is -2.12. The largest absolute Gasteiger partial charge is 0.368 e. The Kier molecular flexibility index (Phi) is 2.42. The second kappa shape index (κ2) is 3.55. The first-order valence-electron chi connectivity index (χ1n) is 3.83. The zero-order chi connectivity index (χ0) is 9.26. The predicted octanol–water partition coefficient (Wildman–Crippen LogP) is 2.07. The molecular weight excluding hydrogens is 208 g/mol. The number of pyridine rings is 1. The van der Waals surface area contributed by atoms with Crippen molar-refractivity contribution in [1.29, 1.82) is 0 Å². The van der Waals surface area contributed by atoms with Gasteiger partial charge in [0.05, 0.1) is 9.92 Å². The third-order valence-electron chi connectivity index (χ3n) is 1.73. The molecule has 5 heteroatoms. The molecule has 0 saturated carbocycles. The zero-order valence-electron chi connectivity index (χ0n) is 6.71. The highest BCUT2D eigenvalue weighted by molar-refractivity contribution is 7.99. The number of carbonyl (C=O) groups excluding carboxylic acids is 1. The van der Waals surface area contributed by atoms with E-state index in [1.807, 2.05) is 0 Å². The van der Waals surface area contributed by atoms with Crippen LogP contribution in [0.3, 0.4) is 0 Å². The van der Waals surface area contributed by atoms with Gasteiger partial charge < -0.3 is 5.32 Å². The molecular formula is C8H7ClN2OS. The number of halogens is 1. The van der Waals surface area contributed by atoms with E-state index in [0.717, 1.165) is 23.0 Å². The van der Waals surface area contributed by atoms with Gasteiger partial charge in [0.15, 0.2) is 6.29 Å². The second-order valence-corrected chi connectivity index (χ2v) is 4.14. The van der Waals surface area contributed by atoms with Crippen molar-refractivity contribution >= 4 is 35.5 Å². The van der Waals surface area contributed by atoms with E-state index in [0.29, 0.717) is 17.0 Å². The molecule has 0 aliphatic carbocycles. The Morgan fingerprint density at radius 3 is 3.31 bits per heavy atom. The van der Waals surface area contributed by atoms with Crippen molar-refractivity contribution in [3.8, 4) is 0 Å². The molecule has 68 valence electrons. The van der Waals surface area contributed by atoms with Crippen LogP contribution < -0.4 is 5.32 Å². The number of hydrogen-bond acceptors (Lipinski definition) is 4. The van der Waals surface area contributed by atoms with E-state index in [2.05, 4.69) is 10.3 Å². The highest BCUT2D eigenvalue weighted by atomic mass is 35.5. The van der Waals surface area contributed by atoms with E-state index in [1.165, 1.54) is 0 Å². The Labute approximate surface area is 84.9 Å². The van der Waals surface area contributed by atoms with Crippen LogP contribution in [0.2, 0.25) is 5.02 Å². The maximum atomic E-state index is 10.5. The Bertz CT molecular complexity index is 356. The molecule has 1 aliphatic rings. The van der Waals surface area contributed by atoms with E-state index in [9.17, 15) is 4.79 Å². The van der Waals surface area contributed by atoms with Gasteiger partial charge in [0, 0.05) is 12.3 Å². The van der Waals surface area contributed by atoms with Crippen molar-refractivity contribution in [2.75, 3.05) is 17.6 Å². The smallest absolute Gasteiger partial charge is 0.170 e. The van der Waals surface area contributed by atoms with E-state index in [4.69, 9.17) is 11.6 Å². The van der Waals surface area contributed by atoms with Crippen molar-refractivity contribution in [1.82, 2.24) is 4.98 Å². The average molecular weight is 215 g/mol. The van der Waals surface area contributed by atoms with Gasteiger partial charge in [0.1, 0.15) is 11.5 Å². The topological polar surface area (TPSA) is 42.0 Å². The molecule has 0 atom stereocenters. The summed E-state index contributed by atoms with van der Waals surface area (Å²) in [7, 11) is 0. The number of nitrogens with zero attached hydrogens (tertiary/aromatic N) is 1. The van der Waals surface area contributed by atoms with Gasteiger partial charge in [-0.05, 0) is 6.07 Å². The Morgan fingerprint density at radius 1 is 1.69 bits per heavy atom. The van der Waals surface area contributed by atoms with E-state index in [1.54, 1.807) is 17.8 Å². The fourth-order valence-corrected chi connectivity index (χ4v) is 2.28. The van der Waals surface area contributed by atoms with Gasteiger partial charge in [-0.2, -0.15) is 0 Å². The number of hydrogen-bond donors (Lipinski definition) is 1. The summed E-state index contributed by atoms with van der Waals surface area (Å²) < 4.78 is 0. The first-order chi connectivity index (χ1) is 6.31. The molecule has 0 bridgehead atoms. The standard InChI is InChI=1S/C8H7ClN2OS/c9-5-3-7-8(10-1-2-13-7)11-6(5)4-12/h3-4H,1-2H2,(H,10,11). The summed E-state index contributed by atoms with van der Waals surface area (Å²) in [5.74, 6) is 1.77. The molecule has 0 radical (unpaired) electrons. The Morgan fingerprint density at radius 2 is 2.54 bits per heavy atom. The van der Waals surface area contributed by atoms with E-state index >= 15 is 0 Å². The molecule has 1 aromatic heterocycles. The molecule has 1 aliphatic heterocycles. The lowest BCUT2D eigenvalue weighted by atomic mass is 10.3. The normalized spacial score (nSPS) is 14.5. The fraction of sp³-hybridized carbons (Fsp3) is 0.250. The monoisotopic (exact) mass is 214 g/mol. The Hall–Kier alpha value is -0.740. The van der Waals surface area contributed by atoms with Crippen molar-refractivity contribution in [3.05, 3.63) is 16.8 Å². The molecule has 0 aromatic carbocycles. The molecule has 2 heterocycles. The maximum absolute atomic E-state index is 10.5. The summed E-state index contributed by atoms with van der Waals surface area (Å²) in [6, 6.07) is 1.78. The minimum absolute atomic E-state index is 0.301. The molecule has 0 amide bonds. The molecule has 1 aromatic rings. The molecule has 1 N–H and O–H groups in total. The first kappa shape index (κ1) is 8.84. The first-order valence-corrected chi connectivity index (χ1v) is 5.20. The van der Waals surface area contributed by atoms with Crippen molar-refractivity contribution < 1.29 is 4.79 Å². The molecule has 0 spiro atoms. The molecule has 2 rings (SSSR count). The molecule has 0 fully saturated rings. The van der Waals surface area contributed by atoms with Crippen LogP contribution in [0.25, 0.3) is 0 Å². The lowest BCUT2D eigenvalue weighted by Gasteiger charge is -2.16. The van der Waals surface area contributed by atoms with Crippen molar-refractivity contribution in [2.45, 2.75) is 4.90 Å². The van der Waals surface area contributed by atoms with Crippen LogP contribution in [0.1, 0.15) is 10.5 Å². The number of rotatable bonds is 1. The number of aromatic nitrogens is 1. The number of fused-ring (bicyclic) bond motifs is 1. The van der Waals surface area contributed by atoms with Crippen LogP contribution in [0.15, 0.2) is 11.0 Å². The summed E-state index contributed by atoms with van der Waals surface area (Å²) in [5.41, 5.74) is 0.301. The average Bonchev–Trinajstić information content (AvgIpc) is 2.17. The van der Waals surface area contributed by atoms with Gasteiger partial charge in [-0.3, -0.25) is 4.79 Å². The van der Waals surface area contributed by atoms with E-state index < -0.39 is 0 Å². The third-order valence-corrected chi connectivity index (χ3v) is 3.07. The number of carbonyl (C=O) groups is 1. The van der Waals surface area contributed by atoms with Crippen LogP contribution in [0.4, 0.5) is 5.82 Å². The van der Waals surface area contributed by atoms with Crippen LogP contribution in [-0.2, 0) is 0 Å². The number of anilines is 1. The third kappa shape index (κ3) is 1.64. The quantitative estimate of drug-likeness (QED) is 0.727. The highest BCUT2D eigenvalue weighted by Gasteiger charge is 2.13. The summed E-state index contributed by atoms with van der Waals surface area (Å²) in [5, 5.41) is 3.54. The molecule has 0 unspecified atom stereocenters. The summed E-state index contributed by atoms with van der Waals surface area (Å²) >= 11 is 7.52. The number of thioether (sulfide) groups is 1. The minimum Gasteiger partial charge on any atom is -0.368 e. The lowest BCUT2D eigenvalue weighted by molar-refractivity contribution is 0.111. The van der Waals surface area contributed by atoms with Gasteiger partial charge in [-0.25, -0.2) is 4.98 Å². The predicted molar refractivity (Wildman–Crippen MR) is 53.8 cm³/mol. The van der Waals surface area contributed by atoms with Gasteiger partial charge in [0.25, 0.3) is 0 Å². The van der Waals surface area contributed by atoms with Gasteiger partial charge in [-0.15, -0.1) is 11.8 Å². The zero-order valence-corrected chi connectivity index (χ0v) is 8.28. The summed E-state index contributed by atoms with van der Waals surface area (Å²) in [6.45, 7) is 0.880. The van der Waals surface area contributed by atoms with Crippen LogP contribution in [0, 0.1) is 0 Å². The van der Waals surface area contributed by atoms with Crippen LogP contribution >= 0.6 is 23.4 Å². The van der Waals surface area contributed by atoms with Crippen molar-refractivity contribution in [3.63, 3.8) is 0 Å². The molecule has 3 nitrogen and oxygen atoms in total. The van der Waals surface area contributed by atoms with Crippen molar-refractivity contribution in [2.24, 2.45) is 0 Å². The SMILES string of the molecule is O=Cc1nc2c(cc1Cl)SCCN2. The van der Waals surface area contributed by atoms with E-state index in [-0.39, 0.29) is 0 Å². The Balaban J connectivity index is 2.50.